The molecule has 8 heteroatoms. The number of ether oxygens (including phenoxy) is 1. The van der Waals surface area contributed by atoms with Gasteiger partial charge in [0.2, 0.25) is 0 Å². The molecule has 2 aromatic heterocycles. The number of fused-ring (bicyclic) bond motifs is 1. The summed E-state index contributed by atoms with van der Waals surface area (Å²) < 4.78 is 5.11. The fourth-order valence-electron chi connectivity index (χ4n) is 2.84. The molecular formula is C18H19N3O4S. The molecule has 0 atom stereocenters. The fraction of sp³-hybridized carbons (Fsp3) is 0.333. The van der Waals surface area contributed by atoms with Gasteiger partial charge in [-0.25, -0.2) is 4.79 Å². The number of hydrogen-bond acceptors (Lipinski definition) is 6. The zero-order chi connectivity index (χ0) is 18.5. The van der Waals surface area contributed by atoms with Crippen LogP contribution in [0.4, 0.5) is 5.00 Å². The molecule has 0 radical (unpaired) electrons. The lowest BCUT2D eigenvalue weighted by Gasteiger charge is -2.08. The molecule has 3 rings (SSSR count). The molecule has 2 amide bonds. The third-order valence-electron chi connectivity index (χ3n) is 4.01. The van der Waals surface area contributed by atoms with Crippen LogP contribution in [0.2, 0.25) is 0 Å². The van der Waals surface area contributed by atoms with Crippen LogP contribution in [0.5, 0.6) is 0 Å². The summed E-state index contributed by atoms with van der Waals surface area (Å²) in [7, 11) is 0. The van der Waals surface area contributed by atoms with Crippen LogP contribution in [0.1, 0.15) is 39.7 Å². The van der Waals surface area contributed by atoms with Gasteiger partial charge in [-0.05, 0) is 43.4 Å². The van der Waals surface area contributed by atoms with E-state index in [9.17, 15) is 14.4 Å². The number of aryl methyl sites for hydroxylation is 1. The predicted molar refractivity (Wildman–Crippen MR) is 97.0 cm³/mol. The summed E-state index contributed by atoms with van der Waals surface area (Å²) in [6.07, 6.45) is 5.87. The average molecular weight is 373 g/mol. The maximum atomic E-state index is 12.3. The maximum absolute atomic E-state index is 12.3. The molecule has 2 heterocycles. The van der Waals surface area contributed by atoms with E-state index in [-0.39, 0.29) is 13.2 Å². The topological polar surface area (TPSA) is 97.4 Å². The molecule has 1 aliphatic rings. The molecule has 0 fully saturated rings. The molecule has 0 saturated heterocycles. The van der Waals surface area contributed by atoms with Gasteiger partial charge >= 0.3 is 17.8 Å². The second kappa shape index (κ2) is 8.09. The van der Waals surface area contributed by atoms with Gasteiger partial charge in [0.15, 0.2) is 0 Å². The van der Waals surface area contributed by atoms with E-state index in [1.165, 1.54) is 11.3 Å². The monoisotopic (exact) mass is 373 g/mol. The summed E-state index contributed by atoms with van der Waals surface area (Å²) in [5.41, 5.74) is 2.10. The first kappa shape index (κ1) is 18.1. The second-order valence-electron chi connectivity index (χ2n) is 5.78. The molecule has 0 bridgehead atoms. The number of rotatable bonds is 5. The third kappa shape index (κ3) is 3.91. The minimum atomic E-state index is -0.806. The summed E-state index contributed by atoms with van der Waals surface area (Å²) in [6, 6.07) is 3.55. The van der Waals surface area contributed by atoms with Gasteiger partial charge in [-0.3, -0.25) is 14.6 Å². The van der Waals surface area contributed by atoms with Gasteiger partial charge in [-0.1, -0.05) is 6.07 Å². The number of nitrogens with zero attached hydrogens (tertiary/aromatic N) is 1. The van der Waals surface area contributed by atoms with Crippen molar-refractivity contribution in [3.05, 3.63) is 46.1 Å². The van der Waals surface area contributed by atoms with Gasteiger partial charge in [0.25, 0.3) is 0 Å². The zero-order valence-corrected chi connectivity index (χ0v) is 15.1. The minimum Gasteiger partial charge on any atom is -0.462 e. The summed E-state index contributed by atoms with van der Waals surface area (Å²) in [5.74, 6) is -2.03. The van der Waals surface area contributed by atoms with Crippen LogP contribution in [-0.4, -0.2) is 29.4 Å². The van der Waals surface area contributed by atoms with E-state index in [4.69, 9.17) is 4.74 Å². The van der Waals surface area contributed by atoms with E-state index in [1.807, 2.05) is 0 Å². The highest BCUT2D eigenvalue weighted by atomic mass is 32.1. The van der Waals surface area contributed by atoms with Crippen molar-refractivity contribution in [3.63, 3.8) is 0 Å². The molecule has 0 spiro atoms. The highest BCUT2D eigenvalue weighted by molar-refractivity contribution is 7.17. The standard InChI is InChI=1S/C18H19N3O4S/c1-2-25-18(24)14-12-6-3-7-13(12)26-17(14)21-16(23)15(22)20-10-11-5-4-8-19-9-11/h4-5,8-9H,2-3,6-7,10H2,1H3,(H,20,22)(H,21,23). The molecule has 0 aliphatic heterocycles. The van der Waals surface area contributed by atoms with Crippen LogP contribution in [0, 0.1) is 0 Å². The molecule has 26 heavy (non-hydrogen) atoms. The van der Waals surface area contributed by atoms with Crippen molar-refractivity contribution < 1.29 is 19.1 Å². The van der Waals surface area contributed by atoms with Crippen LogP contribution in [-0.2, 0) is 33.7 Å². The fourth-order valence-corrected chi connectivity index (χ4v) is 4.11. The van der Waals surface area contributed by atoms with Crippen molar-refractivity contribution >= 4 is 34.1 Å². The van der Waals surface area contributed by atoms with Gasteiger partial charge in [-0.15, -0.1) is 11.3 Å². The lowest BCUT2D eigenvalue weighted by atomic mass is 10.1. The van der Waals surface area contributed by atoms with E-state index in [0.29, 0.717) is 10.6 Å². The molecule has 7 nitrogen and oxygen atoms in total. The Morgan fingerprint density at radius 1 is 1.27 bits per heavy atom. The van der Waals surface area contributed by atoms with Gasteiger partial charge in [0.1, 0.15) is 5.00 Å². The minimum absolute atomic E-state index is 0.200. The summed E-state index contributed by atoms with van der Waals surface area (Å²) in [6.45, 7) is 2.18. The van der Waals surface area contributed by atoms with E-state index < -0.39 is 17.8 Å². The summed E-state index contributed by atoms with van der Waals surface area (Å²) >= 11 is 1.34. The highest BCUT2D eigenvalue weighted by Crippen LogP contribution is 2.39. The first-order valence-corrected chi connectivity index (χ1v) is 9.21. The van der Waals surface area contributed by atoms with Crippen molar-refractivity contribution in [2.75, 3.05) is 11.9 Å². The summed E-state index contributed by atoms with van der Waals surface area (Å²) in [5, 5.41) is 5.49. The molecule has 136 valence electrons. The maximum Gasteiger partial charge on any atom is 0.341 e. The number of amides is 2. The van der Waals surface area contributed by atoms with Crippen LogP contribution >= 0.6 is 11.3 Å². The molecular weight excluding hydrogens is 354 g/mol. The lowest BCUT2D eigenvalue weighted by molar-refractivity contribution is -0.136. The van der Waals surface area contributed by atoms with Crippen molar-refractivity contribution in [2.24, 2.45) is 0 Å². The molecule has 0 saturated carbocycles. The Hall–Kier alpha value is -2.74. The quantitative estimate of drug-likeness (QED) is 0.618. The number of esters is 1. The number of thiophene rings is 1. The summed E-state index contributed by atoms with van der Waals surface area (Å²) in [4.78, 5) is 41.5. The van der Waals surface area contributed by atoms with E-state index in [1.54, 1.807) is 31.5 Å². The Bertz CT molecular complexity index is 832. The Balaban J connectivity index is 1.69. The van der Waals surface area contributed by atoms with Crippen LogP contribution in [0.15, 0.2) is 24.5 Å². The number of carbonyl (C=O) groups is 3. The van der Waals surface area contributed by atoms with E-state index in [2.05, 4.69) is 15.6 Å². The Morgan fingerprint density at radius 3 is 2.85 bits per heavy atom. The lowest BCUT2D eigenvalue weighted by Crippen LogP contribution is -2.35. The number of hydrogen-bond donors (Lipinski definition) is 2. The Morgan fingerprint density at radius 2 is 2.12 bits per heavy atom. The van der Waals surface area contributed by atoms with Gasteiger partial charge in [-0.2, -0.15) is 0 Å². The van der Waals surface area contributed by atoms with Crippen molar-refractivity contribution in [1.29, 1.82) is 0 Å². The number of nitrogens with one attached hydrogen (secondary N) is 2. The molecule has 2 N–H and O–H groups in total. The van der Waals surface area contributed by atoms with Crippen molar-refractivity contribution in [2.45, 2.75) is 32.7 Å². The van der Waals surface area contributed by atoms with Gasteiger partial charge in [0.05, 0.1) is 12.2 Å². The first-order valence-electron chi connectivity index (χ1n) is 8.40. The van der Waals surface area contributed by atoms with Gasteiger partial charge < -0.3 is 15.4 Å². The van der Waals surface area contributed by atoms with E-state index >= 15 is 0 Å². The highest BCUT2D eigenvalue weighted by Gasteiger charge is 2.29. The smallest absolute Gasteiger partial charge is 0.341 e. The van der Waals surface area contributed by atoms with Crippen LogP contribution in [0.25, 0.3) is 0 Å². The zero-order valence-electron chi connectivity index (χ0n) is 14.3. The Labute approximate surface area is 154 Å². The molecule has 0 aromatic carbocycles. The largest absolute Gasteiger partial charge is 0.462 e. The van der Waals surface area contributed by atoms with Gasteiger partial charge in [0, 0.05) is 23.8 Å². The number of pyridine rings is 1. The normalized spacial score (nSPS) is 12.3. The first-order chi connectivity index (χ1) is 12.6. The number of anilines is 1. The predicted octanol–water partition coefficient (Wildman–Crippen LogP) is 2.06. The molecule has 0 unspecified atom stereocenters. The van der Waals surface area contributed by atoms with Crippen molar-refractivity contribution in [3.8, 4) is 0 Å². The Kier molecular flexibility index (Phi) is 5.62. The van der Waals surface area contributed by atoms with Crippen LogP contribution < -0.4 is 10.6 Å². The second-order valence-corrected chi connectivity index (χ2v) is 6.89. The molecule has 1 aliphatic carbocycles. The molecule has 2 aromatic rings. The van der Waals surface area contributed by atoms with E-state index in [0.717, 1.165) is 35.3 Å². The third-order valence-corrected chi connectivity index (χ3v) is 5.22. The average Bonchev–Trinajstić information content (AvgIpc) is 3.21. The van der Waals surface area contributed by atoms with Crippen molar-refractivity contribution in [1.82, 2.24) is 10.3 Å². The SMILES string of the molecule is CCOC(=O)c1c(NC(=O)C(=O)NCc2cccnc2)sc2c1CCC2. The number of carbonyl (C=O) groups excluding carboxylic acids is 3. The number of aromatic nitrogens is 1. The van der Waals surface area contributed by atoms with Crippen LogP contribution in [0.3, 0.4) is 0 Å².